The van der Waals surface area contributed by atoms with Crippen LogP contribution < -0.4 is 10.6 Å². The number of anilines is 2. The number of alkyl halides is 3. The van der Waals surface area contributed by atoms with E-state index in [0.29, 0.717) is 19.2 Å². The number of amides is 1. The maximum absolute atomic E-state index is 13.6. The molecule has 0 spiro atoms. The van der Waals surface area contributed by atoms with Crippen molar-refractivity contribution in [2.24, 2.45) is 4.99 Å². The van der Waals surface area contributed by atoms with Gasteiger partial charge in [-0.05, 0) is 49.1 Å². The van der Waals surface area contributed by atoms with Crippen molar-refractivity contribution in [2.45, 2.75) is 38.4 Å². The zero-order valence-corrected chi connectivity index (χ0v) is 19.2. The van der Waals surface area contributed by atoms with Gasteiger partial charge in [-0.15, -0.1) is 0 Å². The van der Waals surface area contributed by atoms with Crippen molar-refractivity contribution in [1.29, 1.82) is 0 Å². The lowest BCUT2D eigenvalue weighted by atomic mass is 10.0. The first-order valence-electron chi connectivity index (χ1n) is 11.1. The molecule has 1 aliphatic rings. The standard InChI is InChI=1S/C24H29F4N5O/c1-4-15(2)22(20-7-8-30-23(20)29-3)32-18-6-5-9-33(14-18)21(34)13-31-19-11-16(24(26,27)28)10-17(25)12-19/h7-8,10-12,18,29-31H,2,4-6,9,13-14H2,1,3H3. The molecular formula is C24H29F4N5O. The van der Waals surface area contributed by atoms with E-state index in [-0.39, 0.29) is 24.2 Å². The summed E-state index contributed by atoms with van der Waals surface area (Å²) in [6.07, 6.45) is -0.585. The number of aromatic amines is 1. The lowest BCUT2D eigenvalue weighted by Crippen LogP contribution is -2.44. The zero-order chi connectivity index (χ0) is 24.9. The number of piperidine rings is 1. The molecule has 184 valence electrons. The average Bonchev–Trinajstić information content (AvgIpc) is 3.28. The first kappa shape index (κ1) is 25.3. The Morgan fingerprint density at radius 2 is 2.09 bits per heavy atom. The van der Waals surface area contributed by atoms with Crippen LogP contribution in [0.1, 0.15) is 37.3 Å². The van der Waals surface area contributed by atoms with E-state index in [1.165, 1.54) is 0 Å². The SMILES string of the molecule is C=C(CC)C(=NC1CCCN(C(=O)CNc2cc(F)cc(C(F)(F)F)c2)C1)c1cc[nH]c1NC. The number of H-pyrrole nitrogens is 1. The van der Waals surface area contributed by atoms with E-state index in [1.54, 1.807) is 4.90 Å². The first-order valence-corrected chi connectivity index (χ1v) is 11.1. The summed E-state index contributed by atoms with van der Waals surface area (Å²) in [6, 6.07) is 3.94. The molecular weight excluding hydrogens is 450 g/mol. The minimum atomic E-state index is -4.67. The minimum Gasteiger partial charge on any atom is -0.376 e. The molecule has 0 radical (unpaired) electrons. The summed E-state index contributed by atoms with van der Waals surface area (Å²) in [4.78, 5) is 22.4. The van der Waals surface area contributed by atoms with Gasteiger partial charge in [-0.2, -0.15) is 13.2 Å². The van der Waals surface area contributed by atoms with Crippen LogP contribution in [0.3, 0.4) is 0 Å². The fourth-order valence-electron chi connectivity index (χ4n) is 3.91. The Kier molecular flexibility index (Phi) is 8.01. The third-order valence-electron chi connectivity index (χ3n) is 5.74. The van der Waals surface area contributed by atoms with Crippen LogP contribution in [0.4, 0.5) is 29.1 Å². The molecule has 6 nitrogen and oxygen atoms in total. The molecule has 1 aromatic carbocycles. The van der Waals surface area contributed by atoms with Crippen molar-refractivity contribution in [3.8, 4) is 0 Å². The summed E-state index contributed by atoms with van der Waals surface area (Å²) in [5.41, 5.74) is 1.37. The zero-order valence-electron chi connectivity index (χ0n) is 19.2. The van der Waals surface area contributed by atoms with E-state index >= 15 is 0 Å². The van der Waals surface area contributed by atoms with E-state index in [1.807, 2.05) is 26.2 Å². The van der Waals surface area contributed by atoms with Gasteiger partial charge in [0.25, 0.3) is 0 Å². The minimum absolute atomic E-state index is 0.0964. The summed E-state index contributed by atoms with van der Waals surface area (Å²) < 4.78 is 52.4. The highest BCUT2D eigenvalue weighted by molar-refractivity contribution is 6.15. The number of nitrogens with zero attached hydrogens (tertiary/aromatic N) is 2. The van der Waals surface area contributed by atoms with Gasteiger partial charge in [-0.3, -0.25) is 9.79 Å². The van der Waals surface area contributed by atoms with Crippen molar-refractivity contribution in [3.63, 3.8) is 0 Å². The Balaban J connectivity index is 1.70. The van der Waals surface area contributed by atoms with Gasteiger partial charge < -0.3 is 20.5 Å². The number of nitrogens with one attached hydrogen (secondary N) is 3. The largest absolute Gasteiger partial charge is 0.416 e. The molecule has 1 aromatic heterocycles. The Hall–Kier alpha value is -3.30. The van der Waals surface area contributed by atoms with Gasteiger partial charge in [0.15, 0.2) is 0 Å². The topological polar surface area (TPSA) is 72.5 Å². The van der Waals surface area contributed by atoms with Crippen LogP contribution in [0.2, 0.25) is 0 Å². The van der Waals surface area contributed by atoms with E-state index in [4.69, 9.17) is 4.99 Å². The molecule has 1 aliphatic heterocycles. The van der Waals surface area contributed by atoms with Gasteiger partial charge in [-0.1, -0.05) is 13.5 Å². The molecule has 34 heavy (non-hydrogen) atoms. The Bertz CT molecular complexity index is 1060. The molecule has 1 amide bonds. The van der Waals surface area contributed by atoms with Gasteiger partial charge in [0, 0.05) is 37.6 Å². The second-order valence-corrected chi connectivity index (χ2v) is 8.17. The predicted octanol–water partition coefficient (Wildman–Crippen LogP) is 5.07. The number of hydrogen-bond donors (Lipinski definition) is 3. The van der Waals surface area contributed by atoms with Crippen LogP contribution in [-0.4, -0.2) is 54.2 Å². The summed E-state index contributed by atoms with van der Waals surface area (Å²) in [5.74, 6) is -0.479. The van der Waals surface area contributed by atoms with E-state index in [0.717, 1.165) is 54.1 Å². The van der Waals surface area contributed by atoms with E-state index in [2.05, 4.69) is 22.2 Å². The molecule has 0 bridgehead atoms. The number of hydrogen-bond acceptors (Lipinski definition) is 4. The van der Waals surface area contributed by atoms with Crippen LogP contribution in [0.25, 0.3) is 0 Å². The number of likely N-dealkylation sites (tertiary alicyclic amines) is 1. The molecule has 0 aliphatic carbocycles. The van der Waals surface area contributed by atoms with Gasteiger partial charge in [0.1, 0.15) is 11.6 Å². The monoisotopic (exact) mass is 479 g/mol. The number of allylic oxidation sites excluding steroid dienone is 1. The summed E-state index contributed by atoms with van der Waals surface area (Å²) >= 11 is 0. The number of carbonyl (C=O) groups is 1. The number of rotatable bonds is 8. The lowest BCUT2D eigenvalue weighted by molar-refractivity contribution is -0.137. The van der Waals surface area contributed by atoms with Gasteiger partial charge >= 0.3 is 6.18 Å². The quantitative estimate of drug-likeness (QED) is 0.366. The predicted molar refractivity (Wildman–Crippen MR) is 126 cm³/mol. The van der Waals surface area contributed by atoms with Gasteiger partial charge in [0.05, 0.1) is 23.9 Å². The van der Waals surface area contributed by atoms with Crippen molar-refractivity contribution >= 4 is 23.1 Å². The van der Waals surface area contributed by atoms with Crippen molar-refractivity contribution in [3.05, 3.63) is 59.6 Å². The van der Waals surface area contributed by atoms with Gasteiger partial charge in [0.2, 0.25) is 5.91 Å². The Morgan fingerprint density at radius 1 is 1.32 bits per heavy atom. The maximum atomic E-state index is 13.6. The number of aromatic nitrogens is 1. The van der Waals surface area contributed by atoms with E-state index < -0.39 is 17.6 Å². The lowest BCUT2D eigenvalue weighted by Gasteiger charge is -2.31. The van der Waals surface area contributed by atoms with Crippen LogP contribution in [0.15, 0.2) is 47.6 Å². The highest BCUT2D eigenvalue weighted by Gasteiger charge is 2.31. The van der Waals surface area contributed by atoms with Crippen molar-refractivity contribution < 1.29 is 22.4 Å². The maximum Gasteiger partial charge on any atom is 0.416 e. The number of carbonyl (C=O) groups excluding carboxylic acids is 1. The summed E-state index contributed by atoms with van der Waals surface area (Å²) in [7, 11) is 1.81. The third kappa shape index (κ3) is 6.18. The molecule has 1 fully saturated rings. The van der Waals surface area contributed by atoms with Crippen LogP contribution >= 0.6 is 0 Å². The van der Waals surface area contributed by atoms with Crippen LogP contribution in [0, 0.1) is 5.82 Å². The van der Waals surface area contributed by atoms with E-state index in [9.17, 15) is 22.4 Å². The first-order chi connectivity index (χ1) is 16.1. The van der Waals surface area contributed by atoms with Gasteiger partial charge in [-0.25, -0.2) is 4.39 Å². The second kappa shape index (κ2) is 10.8. The molecule has 3 N–H and O–H groups in total. The number of benzene rings is 1. The highest BCUT2D eigenvalue weighted by Crippen LogP contribution is 2.31. The molecule has 10 heteroatoms. The number of halogens is 4. The Labute approximate surface area is 196 Å². The summed E-state index contributed by atoms with van der Waals surface area (Å²) in [5, 5.41) is 5.72. The fraction of sp³-hybridized carbons (Fsp3) is 0.417. The average molecular weight is 480 g/mol. The van der Waals surface area contributed by atoms with Crippen molar-refractivity contribution in [1.82, 2.24) is 9.88 Å². The van der Waals surface area contributed by atoms with Crippen molar-refractivity contribution in [2.75, 3.05) is 37.3 Å². The molecule has 1 unspecified atom stereocenters. The third-order valence-corrected chi connectivity index (χ3v) is 5.74. The second-order valence-electron chi connectivity index (χ2n) is 8.17. The molecule has 0 saturated carbocycles. The normalized spacial score (nSPS) is 16.9. The molecule has 2 aromatic rings. The highest BCUT2D eigenvalue weighted by atomic mass is 19.4. The summed E-state index contributed by atoms with van der Waals surface area (Å²) in [6.45, 7) is 6.82. The number of aliphatic imine (C=N–C) groups is 1. The smallest absolute Gasteiger partial charge is 0.376 e. The molecule has 3 rings (SSSR count). The molecule has 2 heterocycles. The molecule has 1 atom stereocenters. The van der Waals surface area contributed by atoms with Crippen LogP contribution in [0.5, 0.6) is 0 Å². The fourth-order valence-corrected chi connectivity index (χ4v) is 3.91. The Morgan fingerprint density at radius 3 is 2.76 bits per heavy atom. The van der Waals surface area contributed by atoms with Crippen LogP contribution in [-0.2, 0) is 11.0 Å². The molecule has 1 saturated heterocycles.